The van der Waals surface area contributed by atoms with Crippen molar-refractivity contribution < 1.29 is 13.9 Å². The van der Waals surface area contributed by atoms with Gasteiger partial charge < -0.3 is 10.1 Å². The second-order valence-corrected chi connectivity index (χ2v) is 4.38. The second-order valence-electron chi connectivity index (χ2n) is 3.59. The van der Waals surface area contributed by atoms with Gasteiger partial charge >= 0.3 is 0 Å². The molecule has 0 unspecified atom stereocenters. The van der Waals surface area contributed by atoms with Gasteiger partial charge in [-0.25, -0.2) is 8.78 Å². The number of benzene rings is 1. The van der Waals surface area contributed by atoms with Gasteiger partial charge in [0.1, 0.15) is 5.82 Å². The fourth-order valence-corrected chi connectivity index (χ4v) is 1.87. The third-order valence-corrected chi connectivity index (χ3v) is 3.19. The Hall–Kier alpha value is -1.76. The van der Waals surface area contributed by atoms with Crippen molar-refractivity contribution in [2.45, 2.75) is 6.92 Å². The molecule has 0 aliphatic heterocycles. The van der Waals surface area contributed by atoms with Crippen molar-refractivity contribution in [1.82, 2.24) is 9.97 Å². The van der Waals surface area contributed by atoms with Gasteiger partial charge in [-0.15, -0.1) is 0 Å². The zero-order chi connectivity index (χ0) is 13.4. The van der Waals surface area contributed by atoms with Crippen LogP contribution in [0.5, 0.6) is 5.88 Å². The summed E-state index contributed by atoms with van der Waals surface area (Å²) >= 11 is 2.88. The van der Waals surface area contributed by atoms with Crippen molar-refractivity contribution in [1.29, 1.82) is 0 Å². The zero-order valence-electron chi connectivity index (χ0n) is 9.09. The van der Waals surface area contributed by atoms with E-state index in [0.29, 0.717) is 0 Å². The first-order valence-electron chi connectivity index (χ1n) is 4.85. The fraction of sp³-hybridized carbons (Fsp3) is 0.0909. The maximum absolute atomic E-state index is 13.4. The number of nitrogens with zero attached hydrogens (tertiary/aromatic N) is 1. The van der Waals surface area contributed by atoms with Crippen molar-refractivity contribution in [3.05, 3.63) is 44.2 Å². The van der Waals surface area contributed by atoms with E-state index < -0.39 is 23.1 Å². The minimum Gasteiger partial charge on any atom is -0.493 e. The number of halogens is 3. The largest absolute Gasteiger partial charge is 0.493 e. The Bertz CT molecular complexity index is 685. The highest BCUT2D eigenvalue weighted by Gasteiger charge is 2.15. The molecule has 1 aromatic heterocycles. The Labute approximate surface area is 108 Å². The summed E-state index contributed by atoms with van der Waals surface area (Å²) in [4.78, 5) is 17.5. The van der Waals surface area contributed by atoms with E-state index in [1.54, 1.807) is 0 Å². The molecule has 0 aliphatic rings. The number of rotatable bonds is 1. The van der Waals surface area contributed by atoms with Crippen molar-refractivity contribution in [3.8, 4) is 17.3 Å². The van der Waals surface area contributed by atoms with E-state index in [0.717, 1.165) is 6.07 Å². The minimum atomic E-state index is -1.09. The molecule has 1 aromatic carbocycles. The van der Waals surface area contributed by atoms with Crippen LogP contribution >= 0.6 is 15.9 Å². The molecule has 0 fully saturated rings. The van der Waals surface area contributed by atoms with Crippen LogP contribution in [0.15, 0.2) is 21.4 Å². The van der Waals surface area contributed by atoms with Crippen LogP contribution in [0.4, 0.5) is 8.78 Å². The lowest BCUT2D eigenvalue weighted by Gasteiger charge is -2.06. The molecule has 7 heteroatoms. The molecule has 94 valence electrons. The summed E-state index contributed by atoms with van der Waals surface area (Å²) in [5, 5.41) is 9.44. The molecule has 18 heavy (non-hydrogen) atoms. The Morgan fingerprint density at radius 1 is 1.39 bits per heavy atom. The topological polar surface area (TPSA) is 66.0 Å². The average Bonchev–Trinajstić information content (AvgIpc) is 2.33. The lowest BCUT2D eigenvalue weighted by Crippen LogP contribution is -2.12. The number of H-pyrrole nitrogens is 1. The van der Waals surface area contributed by atoms with E-state index in [9.17, 15) is 18.7 Å². The van der Waals surface area contributed by atoms with Gasteiger partial charge in [-0.05, 0) is 35.0 Å². The third kappa shape index (κ3) is 2.01. The highest BCUT2D eigenvalue weighted by Crippen LogP contribution is 2.29. The van der Waals surface area contributed by atoms with E-state index in [1.165, 1.54) is 13.0 Å². The summed E-state index contributed by atoms with van der Waals surface area (Å²) < 4.78 is 26.1. The van der Waals surface area contributed by atoms with Crippen LogP contribution in [-0.4, -0.2) is 15.1 Å². The molecule has 0 aliphatic carbocycles. The van der Waals surface area contributed by atoms with Crippen molar-refractivity contribution >= 4 is 15.9 Å². The van der Waals surface area contributed by atoms with Gasteiger partial charge in [0, 0.05) is 5.56 Å². The smallest absolute Gasteiger partial charge is 0.257 e. The third-order valence-electron chi connectivity index (χ3n) is 2.42. The molecule has 4 nitrogen and oxygen atoms in total. The van der Waals surface area contributed by atoms with Crippen LogP contribution in [0.2, 0.25) is 0 Å². The molecule has 0 atom stereocenters. The summed E-state index contributed by atoms with van der Waals surface area (Å²) in [7, 11) is 0. The number of aromatic nitrogens is 2. The molecule has 0 bridgehead atoms. The molecule has 2 N–H and O–H groups in total. The lowest BCUT2D eigenvalue weighted by molar-refractivity contribution is 0.447. The highest BCUT2D eigenvalue weighted by atomic mass is 79.9. The lowest BCUT2D eigenvalue weighted by atomic mass is 10.2. The number of aromatic amines is 1. The van der Waals surface area contributed by atoms with Crippen LogP contribution in [0.1, 0.15) is 5.56 Å². The van der Waals surface area contributed by atoms with Crippen molar-refractivity contribution in [3.63, 3.8) is 0 Å². The predicted molar refractivity (Wildman–Crippen MR) is 64.3 cm³/mol. The number of nitrogens with one attached hydrogen (secondary N) is 1. The molecular formula is C11H7BrF2N2O2. The van der Waals surface area contributed by atoms with Gasteiger partial charge in [-0.1, -0.05) is 0 Å². The summed E-state index contributed by atoms with van der Waals surface area (Å²) in [6, 6.07) is 2.15. The van der Waals surface area contributed by atoms with E-state index in [1.807, 2.05) is 0 Å². The van der Waals surface area contributed by atoms with Crippen LogP contribution < -0.4 is 5.56 Å². The molecule has 0 spiro atoms. The molecule has 2 aromatic rings. The SMILES string of the molecule is Cc1c(O)nc(-c2ccc(F)c(F)c2Br)[nH]c1=O. The first kappa shape index (κ1) is 12.7. The standard InChI is InChI=1S/C11H7BrF2N2O2/c1-4-10(17)15-9(16-11(4)18)5-2-3-6(13)8(14)7(5)12/h2-3H,1H3,(H2,15,16,17,18). The van der Waals surface area contributed by atoms with Crippen LogP contribution in [-0.2, 0) is 0 Å². The highest BCUT2D eigenvalue weighted by molar-refractivity contribution is 9.10. The molecule has 1 heterocycles. The maximum atomic E-state index is 13.4. The minimum absolute atomic E-state index is 0.0473. The Kier molecular flexibility index (Phi) is 3.16. The van der Waals surface area contributed by atoms with Gasteiger partial charge in [0.15, 0.2) is 11.6 Å². The van der Waals surface area contributed by atoms with Gasteiger partial charge in [0.05, 0.1) is 10.0 Å². The number of hydrogen-bond donors (Lipinski definition) is 2. The summed E-state index contributed by atoms with van der Waals surface area (Å²) in [6.07, 6.45) is 0. The molecule has 2 rings (SSSR count). The van der Waals surface area contributed by atoms with Gasteiger partial charge in [-0.3, -0.25) is 4.79 Å². The quantitative estimate of drug-likeness (QED) is 0.794. The predicted octanol–water partition coefficient (Wildman–Crippen LogP) is 2.49. The van der Waals surface area contributed by atoms with Crippen LogP contribution in [0, 0.1) is 18.6 Å². The Morgan fingerprint density at radius 2 is 2.06 bits per heavy atom. The zero-order valence-corrected chi connectivity index (χ0v) is 10.7. The summed E-state index contributed by atoms with van der Waals surface area (Å²) in [5.41, 5.74) is -0.354. The monoisotopic (exact) mass is 316 g/mol. The van der Waals surface area contributed by atoms with Crippen LogP contribution in [0.3, 0.4) is 0 Å². The fourth-order valence-electron chi connectivity index (χ4n) is 1.36. The normalized spacial score (nSPS) is 10.7. The van der Waals surface area contributed by atoms with E-state index >= 15 is 0 Å². The van der Waals surface area contributed by atoms with Crippen molar-refractivity contribution in [2.75, 3.05) is 0 Å². The first-order chi connectivity index (χ1) is 8.41. The molecule has 0 amide bonds. The Balaban J connectivity index is 2.70. The second kappa shape index (κ2) is 4.49. The van der Waals surface area contributed by atoms with E-state index in [2.05, 4.69) is 25.9 Å². The van der Waals surface area contributed by atoms with Crippen LogP contribution in [0.25, 0.3) is 11.4 Å². The van der Waals surface area contributed by atoms with E-state index in [-0.39, 0.29) is 21.4 Å². The molecule has 0 radical (unpaired) electrons. The number of aromatic hydroxyl groups is 1. The van der Waals surface area contributed by atoms with Gasteiger partial charge in [-0.2, -0.15) is 4.98 Å². The molecule has 0 saturated carbocycles. The number of hydrogen-bond acceptors (Lipinski definition) is 3. The maximum Gasteiger partial charge on any atom is 0.257 e. The molecule has 0 saturated heterocycles. The first-order valence-corrected chi connectivity index (χ1v) is 5.65. The summed E-state index contributed by atoms with van der Waals surface area (Å²) in [6.45, 7) is 1.39. The van der Waals surface area contributed by atoms with E-state index in [4.69, 9.17) is 0 Å². The molecular weight excluding hydrogens is 310 g/mol. The Morgan fingerprint density at radius 3 is 2.67 bits per heavy atom. The van der Waals surface area contributed by atoms with Gasteiger partial charge in [0.25, 0.3) is 5.56 Å². The average molecular weight is 317 g/mol. The summed E-state index contributed by atoms with van der Waals surface area (Å²) in [5.74, 6) is -2.61. The van der Waals surface area contributed by atoms with Crippen molar-refractivity contribution in [2.24, 2.45) is 0 Å². The van der Waals surface area contributed by atoms with Gasteiger partial charge in [0.2, 0.25) is 5.88 Å².